The Morgan fingerprint density at radius 1 is 1.24 bits per heavy atom. The third kappa shape index (κ3) is 3.71. The molecule has 2 fully saturated rings. The number of benzene rings is 1. The van der Waals surface area contributed by atoms with E-state index in [1.54, 1.807) is 11.0 Å². The van der Waals surface area contributed by atoms with Gasteiger partial charge in [0.2, 0.25) is 0 Å². The van der Waals surface area contributed by atoms with E-state index >= 15 is 0 Å². The summed E-state index contributed by atoms with van der Waals surface area (Å²) in [7, 11) is 0. The largest absolute Gasteiger partial charge is 0.373 e. The van der Waals surface area contributed by atoms with Gasteiger partial charge in [-0.1, -0.05) is 31.4 Å². The zero-order valence-electron chi connectivity index (χ0n) is 14.2. The van der Waals surface area contributed by atoms with Gasteiger partial charge >= 0.3 is 0 Å². The number of aromatic nitrogens is 4. The minimum absolute atomic E-state index is 0.0197. The van der Waals surface area contributed by atoms with Crippen LogP contribution in [-0.4, -0.2) is 44.4 Å². The Balaban J connectivity index is 1.33. The van der Waals surface area contributed by atoms with Crippen molar-refractivity contribution in [1.82, 2.24) is 25.5 Å². The molecule has 1 spiro atoms. The Hall–Kier alpha value is -2.28. The van der Waals surface area contributed by atoms with Crippen LogP contribution in [-0.2, 0) is 11.3 Å². The normalized spacial score (nSPS) is 22.2. The van der Waals surface area contributed by atoms with E-state index in [2.05, 4.69) is 20.8 Å². The molecule has 0 radical (unpaired) electrons. The van der Waals surface area contributed by atoms with Gasteiger partial charge in [-0.05, 0) is 47.4 Å². The van der Waals surface area contributed by atoms with E-state index in [1.807, 2.05) is 24.3 Å². The fraction of sp³-hybridized carbons (Fsp3) is 0.556. The van der Waals surface area contributed by atoms with Crippen LogP contribution in [0.5, 0.6) is 0 Å². The number of nitrogens with zero attached hydrogens (tertiary/aromatic N) is 4. The summed E-state index contributed by atoms with van der Waals surface area (Å²) in [5.41, 5.74) is 1.74. The number of hydrogen-bond acceptors (Lipinski definition) is 5. The zero-order valence-corrected chi connectivity index (χ0v) is 14.2. The quantitative estimate of drug-likeness (QED) is 0.919. The van der Waals surface area contributed by atoms with E-state index < -0.39 is 0 Å². The lowest BCUT2D eigenvalue weighted by molar-refractivity contribution is -0.0246. The second kappa shape index (κ2) is 6.92. The maximum absolute atomic E-state index is 12.5. The number of rotatable bonds is 4. The molecule has 1 aromatic heterocycles. The highest BCUT2D eigenvalue weighted by Gasteiger charge is 2.41. The van der Waals surface area contributed by atoms with E-state index in [9.17, 15) is 4.79 Å². The molecule has 25 heavy (non-hydrogen) atoms. The van der Waals surface area contributed by atoms with Gasteiger partial charge in [-0.2, -0.15) is 0 Å². The van der Waals surface area contributed by atoms with Crippen molar-refractivity contribution in [2.75, 3.05) is 6.61 Å². The Kier molecular flexibility index (Phi) is 4.48. The average molecular weight is 341 g/mol. The van der Waals surface area contributed by atoms with Crippen molar-refractivity contribution >= 4 is 5.91 Å². The number of carbonyl (C=O) groups is 1. The second-order valence-corrected chi connectivity index (χ2v) is 7.13. The molecule has 132 valence electrons. The number of nitrogens with one attached hydrogen (secondary N) is 1. The summed E-state index contributed by atoms with van der Waals surface area (Å²) >= 11 is 0. The summed E-state index contributed by atoms with van der Waals surface area (Å²) in [6.07, 6.45) is 8.56. The van der Waals surface area contributed by atoms with Crippen LogP contribution in [0.3, 0.4) is 0 Å². The van der Waals surface area contributed by atoms with E-state index in [-0.39, 0.29) is 17.6 Å². The molecule has 1 N–H and O–H groups in total. The molecule has 1 unspecified atom stereocenters. The monoisotopic (exact) mass is 341 g/mol. The smallest absolute Gasteiger partial charge is 0.251 e. The van der Waals surface area contributed by atoms with E-state index in [4.69, 9.17) is 4.74 Å². The molecule has 1 aliphatic carbocycles. The van der Waals surface area contributed by atoms with Gasteiger partial charge in [-0.25, -0.2) is 4.68 Å². The molecule has 1 saturated heterocycles. The van der Waals surface area contributed by atoms with Gasteiger partial charge in [0.15, 0.2) is 0 Å². The molecule has 7 nitrogen and oxygen atoms in total. The molecular formula is C18H23N5O2. The zero-order chi connectivity index (χ0) is 17.1. The standard InChI is InChI=1S/C18H23N5O2/c24-17(20-16-10-18(25-12-16)8-2-1-3-9-18)15-6-4-14(5-7-15)11-23-13-19-21-22-23/h4-7,13,16H,1-3,8-12H2,(H,20,24). The summed E-state index contributed by atoms with van der Waals surface area (Å²) in [6.45, 7) is 1.22. The summed E-state index contributed by atoms with van der Waals surface area (Å²) in [6, 6.07) is 7.68. The van der Waals surface area contributed by atoms with Gasteiger partial charge in [0.1, 0.15) is 6.33 Å². The molecule has 7 heteroatoms. The van der Waals surface area contributed by atoms with E-state index in [0.29, 0.717) is 18.7 Å². The first-order chi connectivity index (χ1) is 12.2. The van der Waals surface area contributed by atoms with Gasteiger partial charge in [0, 0.05) is 5.56 Å². The molecular weight excluding hydrogens is 318 g/mol. The predicted octanol–water partition coefficient (Wildman–Crippen LogP) is 1.94. The second-order valence-electron chi connectivity index (χ2n) is 7.13. The maximum atomic E-state index is 12.5. The number of ether oxygens (including phenoxy) is 1. The SMILES string of the molecule is O=C(NC1COC2(CCCCC2)C1)c1ccc(Cn2cnnn2)cc1. The van der Waals surface area contributed by atoms with Crippen molar-refractivity contribution in [3.63, 3.8) is 0 Å². The van der Waals surface area contributed by atoms with Crippen LogP contribution in [0.25, 0.3) is 0 Å². The highest BCUT2D eigenvalue weighted by Crippen LogP contribution is 2.39. The summed E-state index contributed by atoms with van der Waals surface area (Å²) in [5.74, 6) is -0.0320. The van der Waals surface area contributed by atoms with Crippen molar-refractivity contribution in [1.29, 1.82) is 0 Å². The molecule has 1 amide bonds. The number of tetrazole rings is 1. The molecule has 1 atom stereocenters. The van der Waals surface area contributed by atoms with Crippen LogP contribution in [0.15, 0.2) is 30.6 Å². The Morgan fingerprint density at radius 3 is 2.76 bits per heavy atom. The van der Waals surface area contributed by atoms with E-state index in [1.165, 1.54) is 19.3 Å². The molecule has 2 aromatic rings. The average Bonchev–Trinajstić information content (AvgIpc) is 3.27. The summed E-state index contributed by atoms with van der Waals surface area (Å²) in [5, 5.41) is 14.2. The van der Waals surface area contributed by atoms with Crippen molar-refractivity contribution in [2.24, 2.45) is 0 Å². The molecule has 1 saturated carbocycles. The third-order valence-corrected chi connectivity index (χ3v) is 5.26. The van der Waals surface area contributed by atoms with Crippen LogP contribution < -0.4 is 5.32 Å². The van der Waals surface area contributed by atoms with Crippen LogP contribution >= 0.6 is 0 Å². The van der Waals surface area contributed by atoms with Gasteiger partial charge in [0.25, 0.3) is 5.91 Å². The lowest BCUT2D eigenvalue weighted by Gasteiger charge is -2.32. The first-order valence-electron chi connectivity index (χ1n) is 8.97. The first kappa shape index (κ1) is 16.2. The van der Waals surface area contributed by atoms with Crippen LogP contribution in [0, 0.1) is 0 Å². The lowest BCUT2D eigenvalue weighted by Crippen LogP contribution is -2.37. The van der Waals surface area contributed by atoms with Crippen molar-refractivity contribution in [3.05, 3.63) is 41.7 Å². The fourth-order valence-electron chi connectivity index (χ4n) is 3.95. The topological polar surface area (TPSA) is 81.9 Å². The molecule has 2 heterocycles. The molecule has 0 bridgehead atoms. The number of hydrogen-bond donors (Lipinski definition) is 1. The minimum Gasteiger partial charge on any atom is -0.373 e. The highest BCUT2D eigenvalue weighted by molar-refractivity contribution is 5.94. The lowest BCUT2D eigenvalue weighted by atomic mass is 9.82. The van der Waals surface area contributed by atoms with E-state index in [0.717, 1.165) is 24.8 Å². The highest BCUT2D eigenvalue weighted by atomic mass is 16.5. The Labute approximate surface area is 146 Å². The minimum atomic E-state index is -0.0320. The summed E-state index contributed by atoms with van der Waals surface area (Å²) < 4.78 is 7.72. The Morgan fingerprint density at radius 2 is 2.04 bits per heavy atom. The predicted molar refractivity (Wildman–Crippen MR) is 91.0 cm³/mol. The van der Waals surface area contributed by atoms with Gasteiger partial charge in [0.05, 0.1) is 24.8 Å². The van der Waals surface area contributed by atoms with Gasteiger partial charge < -0.3 is 10.1 Å². The fourth-order valence-corrected chi connectivity index (χ4v) is 3.95. The van der Waals surface area contributed by atoms with Crippen molar-refractivity contribution in [2.45, 2.75) is 56.7 Å². The van der Waals surface area contributed by atoms with Crippen molar-refractivity contribution in [3.8, 4) is 0 Å². The third-order valence-electron chi connectivity index (χ3n) is 5.26. The molecule has 2 aliphatic rings. The molecule has 1 aromatic carbocycles. The molecule has 4 rings (SSSR count). The number of amides is 1. The van der Waals surface area contributed by atoms with Gasteiger partial charge in [-0.15, -0.1) is 5.10 Å². The maximum Gasteiger partial charge on any atom is 0.251 e. The van der Waals surface area contributed by atoms with Crippen LogP contribution in [0.2, 0.25) is 0 Å². The van der Waals surface area contributed by atoms with Crippen molar-refractivity contribution < 1.29 is 9.53 Å². The summed E-state index contributed by atoms with van der Waals surface area (Å²) in [4.78, 5) is 12.5. The van der Waals surface area contributed by atoms with Gasteiger partial charge in [-0.3, -0.25) is 4.79 Å². The first-order valence-corrected chi connectivity index (χ1v) is 8.97. The van der Waals surface area contributed by atoms with Crippen LogP contribution in [0.1, 0.15) is 54.4 Å². The molecule has 1 aliphatic heterocycles. The Bertz CT molecular complexity index is 708. The number of carbonyl (C=O) groups excluding carboxylic acids is 1. The van der Waals surface area contributed by atoms with Crippen LogP contribution in [0.4, 0.5) is 0 Å².